The largest absolute Gasteiger partial charge is 0.465 e. The summed E-state index contributed by atoms with van der Waals surface area (Å²) in [7, 11) is 1.30. The average Bonchev–Trinajstić information content (AvgIpc) is 2.82. The van der Waals surface area contributed by atoms with E-state index in [0.717, 1.165) is 35.0 Å². The number of amides is 2. The number of allylic oxidation sites excluding steroid dienone is 1. The first-order chi connectivity index (χ1) is 15.5. The minimum atomic E-state index is -0.458. The van der Waals surface area contributed by atoms with E-state index in [1.54, 1.807) is 24.3 Å². The highest BCUT2D eigenvalue weighted by atomic mass is 32.2. The average molecular weight is 450 g/mol. The maximum absolute atomic E-state index is 12.5. The summed E-state index contributed by atoms with van der Waals surface area (Å²) in [6, 6.07) is 16.4. The molecule has 1 atom stereocenters. The van der Waals surface area contributed by atoms with Crippen molar-refractivity contribution in [2.75, 3.05) is 18.2 Å². The van der Waals surface area contributed by atoms with Gasteiger partial charge in [-0.15, -0.1) is 0 Å². The Labute approximate surface area is 190 Å². The van der Waals surface area contributed by atoms with Gasteiger partial charge in [0.15, 0.2) is 0 Å². The zero-order valence-electron chi connectivity index (χ0n) is 17.8. The fourth-order valence-electron chi connectivity index (χ4n) is 3.46. The minimum Gasteiger partial charge on any atom is -0.465 e. The Balaban J connectivity index is 1.76. The number of carbonyl (C=O) groups excluding carboxylic acids is 3. The van der Waals surface area contributed by atoms with E-state index in [-0.39, 0.29) is 24.0 Å². The number of methoxy groups -OCH3 is 1. The van der Waals surface area contributed by atoms with Crippen LogP contribution >= 0.6 is 11.8 Å². The Morgan fingerprint density at radius 1 is 1.22 bits per heavy atom. The van der Waals surface area contributed by atoms with Gasteiger partial charge in [0.25, 0.3) is 0 Å². The van der Waals surface area contributed by atoms with Gasteiger partial charge in [0.2, 0.25) is 11.8 Å². The number of hydrogen-bond donors (Lipinski definition) is 2. The number of ether oxygens (including phenoxy) is 1. The van der Waals surface area contributed by atoms with Crippen LogP contribution in [0.1, 0.15) is 40.7 Å². The molecule has 1 aliphatic heterocycles. The van der Waals surface area contributed by atoms with Crippen LogP contribution in [0.4, 0.5) is 5.69 Å². The van der Waals surface area contributed by atoms with E-state index in [9.17, 15) is 19.6 Å². The van der Waals surface area contributed by atoms with Gasteiger partial charge < -0.3 is 15.4 Å². The number of thioether (sulfide) groups is 1. The first kappa shape index (κ1) is 23.1. The fourth-order valence-corrected chi connectivity index (χ4v) is 4.34. The van der Waals surface area contributed by atoms with E-state index >= 15 is 0 Å². The summed E-state index contributed by atoms with van der Waals surface area (Å²) in [4.78, 5) is 36.5. The molecule has 0 bridgehead atoms. The Bertz CT molecular complexity index is 1100. The zero-order chi connectivity index (χ0) is 23.1. The molecule has 0 fully saturated rings. The molecule has 164 valence electrons. The lowest BCUT2D eigenvalue weighted by Crippen LogP contribution is -2.31. The zero-order valence-corrected chi connectivity index (χ0v) is 18.6. The molecule has 7 nitrogen and oxygen atoms in total. The van der Waals surface area contributed by atoms with E-state index < -0.39 is 11.9 Å². The second kappa shape index (κ2) is 10.6. The van der Waals surface area contributed by atoms with Crippen LogP contribution in [0.5, 0.6) is 0 Å². The lowest BCUT2D eigenvalue weighted by Gasteiger charge is -2.25. The normalized spacial score (nSPS) is 15.5. The Morgan fingerprint density at radius 3 is 2.59 bits per heavy atom. The van der Waals surface area contributed by atoms with E-state index in [4.69, 9.17) is 4.74 Å². The summed E-state index contributed by atoms with van der Waals surface area (Å²) in [6.45, 7) is 2.01. The number of nitrogens with one attached hydrogen (secondary N) is 2. The Kier molecular flexibility index (Phi) is 7.68. The van der Waals surface area contributed by atoms with E-state index in [0.29, 0.717) is 16.2 Å². The van der Waals surface area contributed by atoms with Gasteiger partial charge in [-0.05, 0) is 35.7 Å². The van der Waals surface area contributed by atoms with Crippen molar-refractivity contribution in [3.63, 3.8) is 0 Å². The molecule has 1 aliphatic rings. The molecule has 32 heavy (non-hydrogen) atoms. The van der Waals surface area contributed by atoms with E-state index in [1.807, 2.05) is 31.2 Å². The third kappa shape index (κ3) is 5.37. The first-order valence-corrected chi connectivity index (χ1v) is 11.1. The van der Waals surface area contributed by atoms with Crippen molar-refractivity contribution in [2.45, 2.75) is 25.7 Å². The van der Waals surface area contributed by atoms with Gasteiger partial charge in [0.1, 0.15) is 0 Å². The number of benzene rings is 2. The number of aryl methyl sites for hydroxylation is 1. The topological polar surface area (TPSA) is 108 Å². The number of esters is 1. The van der Waals surface area contributed by atoms with Gasteiger partial charge in [-0.3, -0.25) is 9.59 Å². The molecule has 0 aliphatic carbocycles. The van der Waals surface area contributed by atoms with Gasteiger partial charge in [0.05, 0.1) is 35.1 Å². The quantitative estimate of drug-likeness (QED) is 0.624. The monoisotopic (exact) mass is 449 g/mol. The molecule has 0 saturated carbocycles. The summed E-state index contributed by atoms with van der Waals surface area (Å²) in [5, 5.41) is 15.8. The van der Waals surface area contributed by atoms with Crippen LogP contribution in [-0.2, 0) is 20.7 Å². The van der Waals surface area contributed by atoms with Gasteiger partial charge in [-0.25, -0.2) is 4.79 Å². The predicted molar refractivity (Wildman–Crippen MR) is 123 cm³/mol. The summed E-state index contributed by atoms with van der Waals surface area (Å²) < 4.78 is 4.70. The lowest BCUT2D eigenvalue weighted by molar-refractivity contribution is -0.121. The molecule has 2 aromatic rings. The predicted octanol–water partition coefficient (Wildman–Crippen LogP) is 3.75. The highest BCUT2D eigenvalue weighted by Gasteiger charge is 2.30. The summed E-state index contributed by atoms with van der Waals surface area (Å²) in [6.07, 6.45) is 0.903. The number of para-hydroxylation sites is 1. The maximum Gasteiger partial charge on any atom is 0.337 e. The van der Waals surface area contributed by atoms with Crippen LogP contribution in [0.15, 0.2) is 59.1 Å². The standard InChI is InChI=1S/C24H23N3O4S/c1-3-15-6-4-5-7-20(15)26-22(29)14-32-23-19(13-25)18(12-21(28)27-23)16-8-10-17(11-9-16)24(30)31-2/h4-11,18H,3,12,14H2,1-2H3,(H,26,29)(H,27,28)/t18-/m1/s1. The first-order valence-electron chi connectivity index (χ1n) is 10.1. The summed E-state index contributed by atoms with van der Waals surface area (Å²) in [5.41, 5.74) is 3.30. The number of carbonyl (C=O) groups is 3. The molecule has 8 heteroatoms. The molecule has 2 aromatic carbocycles. The highest BCUT2D eigenvalue weighted by Crippen LogP contribution is 2.36. The van der Waals surface area contributed by atoms with E-state index in [2.05, 4.69) is 16.7 Å². The molecule has 1 heterocycles. The van der Waals surface area contributed by atoms with Crippen molar-refractivity contribution < 1.29 is 19.1 Å². The van der Waals surface area contributed by atoms with Crippen LogP contribution in [-0.4, -0.2) is 30.6 Å². The molecule has 0 saturated heterocycles. The van der Waals surface area contributed by atoms with Crippen molar-refractivity contribution in [2.24, 2.45) is 0 Å². The number of hydrogen-bond acceptors (Lipinski definition) is 6. The molecular formula is C24H23N3O4S. The number of nitriles is 1. The van der Waals surface area contributed by atoms with Crippen molar-refractivity contribution in [3.05, 3.63) is 75.8 Å². The van der Waals surface area contributed by atoms with Crippen LogP contribution < -0.4 is 10.6 Å². The van der Waals surface area contributed by atoms with Crippen LogP contribution in [0, 0.1) is 11.3 Å². The minimum absolute atomic E-state index is 0.0485. The molecule has 2 amide bonds. The molecule has 0 spiro atoms. The molecule has 0 radical (unpaired) electrons. The van der Waals surface area contributed by atoms with Crippen molar-refractivity contribution in [1.82, 2.24) is 5.32 Å². The van der Waals surface area contributed by atoms with Crippen molar-refractivity contribution in [3.8, 4) is 6.07 Å². The second-order valence-corrected chi connectivity index (χ2v) is 8.11. The molecule has 3 rings (SSSR count). The van der Waals surface area contributed by atoms with Gasteiger partial charge in [0, 0.05) is 18.0 Å². The maximum atomic E-state index is 12.5. The Hall–Kier alpha value is -3.57. The van der Waals surface area contributed by atoms with Gasteiger partial charge in [-0.2, -0.15) is 5.26 Å². The van der Waals surface area contributed by atoms with Crippen molar-refractivity contribution in [1.29, 1.82) is 5.26 Å². The molecular weight excluding hydrogens is 426 g/mol. The lowest BCUT2D eigenvalue weighted by atomic mass is 9.87. The highest BCUT2D eigenvalue weighted by molar-refractivity contribution is 8.03. The van der Waals surface area contributed by atoms with Crippen molar-refractivity contribution >= 4 is 35.2 Å². The molecule has 2 N–H and O–H groups in total. The van der Waals surface area contributed by atoms with Crippen LogP contribution in [0.2, 0.25) is 0 Å². The second-order valence-electron chi connectivity index (χ2n) is 7.12. The molecule has 0 aromatic heterocycles. The SMILES string of the molecule is CCc1ccccc1NC(=O)CSC1=C(C#N)[C@@H](c2ccc(C(=O)OC)cc2)CC(=O)N1. The van der Waals surface area contributed by atoms with Crippen LogP contribution in [0.25, 0.3) is 0 Å². The number of anilines is 1. The fraction of sp³-hybridized carbons (Fsp3) is 0.250. The summed E-state index contributed by atoms with van der Waals surface area (Å²) in [5.74, 6) is -1.31. The number of rotatable bonds is 7. The Morgan fingerprint density at radius 2 is 1.94 bits per heavy atom. The van der Waals surface area contributed by atoms with Gasteiger partial charge in [-0.1, -0.05) is 49.0 Å². The smallest absolute Gasteiger partial charge is 0.337 e. The third-order valence-electron chi connectivity index (χ3n) is 5.11. The van der Waals surface area contributed by atoms with Crippen LogP contribution in [0.3, 0.4) is 0 Å². The third-order valence-corrected chi connectivity index (χ3v) is 6.13. The molecule has 0 unspecified atom stereocenters. The summed E-state index contributed by atoms with van der Waals surface area (Å²) >= 11 is 1.12. The van der Waals surface area contributed by atoms with E-state index in [1.165, 1.54) is 7.11 Å². The van der Waals surface area contributed by atoms with Gasteiger partial charge >= 0.3 is 5.97 Å². The number of nitrogens with zero attached hydrogens (tertiary/aromatic N) is 1.